The Morgan fingerprint density at radius 3 is 1.55 bits per heavy atom. The van der Waals surface area contributed by atoms with E-state index in [0.29, 0.717) is 0 Å². The van der Waals surface area contributed by atoms with Crippen LogP contribution in [0.2, 0.25) is 10.0 Å². The number of nitrogens with two attached hydrogens (primary N) is 1. The second-order valence-electron chi connectivity index (χ2n) is 2.20. The van der Waals surface area contributed by atoms with Gasteiger partial charge in [0.05, 0.1) is 10.0 Å². The summed E-state index contributed by atoms with van der Waals surface area (Å²) in [6, 6.07) is 3.92. The molecule has 1 nitrogen and oxygen atoms in total. The normalized spacial score (nSPS) is 10.2. The maximum Gasteiger partial charge on any atom is 0.0677 e. The molecule has 2 aliphatic rings. The summed E-state index contributed by atoms with van der Waals surface area (Å²) >= 11 is 11.3. The van der Waals surface area contributed by atoms with Crippen molar-refractivity contribution in [3.05, 3.63) is 22.2 Å². The lowest BCUT2D eigenvalue weighted by atomic mass is 9.94. The summed E-state index contributed by atoms with van der Waals surface area (Å²) in [5, 5.41) is 1.45. The van der Waals surface area contributed by atoms with Gasteiger partial charge in [-0.05, 0) is 6.54 Å². The Morgan fingerprint density at radius 1 is 1.18 bits per heavy atom. The largest absolute Gasteiger partial charge is 0.331 e. The van der Waals surface area contributed by atoms with Crippen molar-refractivity contribution < 1.29 is 0 Å². The van der Waals surface area contributed by atoms with E-state index < -0.39 is 0 Å². The molecule has 0 saturated heterocycles. The van der Waals surface area contributed by atoms with Gasteiger partial charge in [-0.3, -0.25) is 0 Å². The molecule has 0 aromatic rings. The minimum atomic E-state index is 0.726. The molecule has 2 N–H and O–H groups in total. The molecule has 0 bridgehead atoms. The fourth-order valence-electron chi connectivity index (χ4n) is 0.807. The Labute approximate surface area is 76.1 Å². The van der Waals surface area contributed by atoms with Crippen molar-refractivity contribution >= 4 is 23.2 Å². The summed E-state index contributed by atoms with van der Waals surface area (Å²) in [5.41, 5.74) is 7.09. The summed E-state index contributed by atoms with van der Waals surface area (Å²) in [5.74, 6) is 0. The zero-order valence-electron chi connectivity index (χ0n) is 6.20. The minimum Gasteiger partial charge on any atom is -0.331 e. The van der Waals surface area contributed by atoms with Crippen molar-refractivity contribution in [3.8, 4) is 11.1 Å². The molecule has 0 aromatic heterocycles. The quantitative estimate of drug-likeness (QED) is 0.678. The van der Waals surface area contributed by atoms with Crippen molar-refractivity contribution in [2.45, 2.75) is 6.92 Å². The van der Waals surface area contributed by atoms with Crippen LogP contribution in [-0.4, -0.2) is 6.54 Å². The van der Waals surface area contributed by atoms with Gasteiger partial charge >= 0.3 is 0 Å². The van der Waals surface area contributed by atoms with Gasteiger partial charge in [0.1, 0.15) is 0 Å². The number of rotatable bonds is 0. The first-order valence-corrected chi connectivity index (χ1v) is 4.16. The molecule has 0 aromatic carbocycles. The van der Waals surface area contributed by atoms with Crippen LogP contribution >= 0.6 is 23.2 Å². The summed E-state index contributed by atoms with van der Waals surface area (Å²) in [6.45, 7) is 2.65. The first-order chi connectivity index (χ1) is 5.22. The number of fused-ring (bicyclic) bond motifs is 1. The fourth-order valence-corrected chi connectivity index (χ4v) is 1.34. The zero-order valence-corrected chi connectivity index (χ0v) is 7.71. The first-order valence-electron chi connectivity index (χ1n) is 3.40. The van der Waals surface area contributed by atoms with Crippen LogP contribution in [0.3, 0.4) is 0 Å². The maximum atomic E-state index is 5.63. The van der Waals surface area contributed by atoms with Crippen molar-refractivity contribution in [1.29, 1.82) is 0 Å². The smallest absolute Gasteiger partial charge is 0.0677 e. The van der Waals surface area contributed by atoms with Crippen LogP contribution in [-0.2, 0) is 0 Å². The molecule has 0 heterocycles. The number of hydrogen-bond donors (Lipinski definition) is 1. The fraction of sp³-hybridized carbons (Fsp3) is 0.250. The van der Waals surface area contributed by atoms with E-state index in [1.165, 1.54) is 0 Å². The molecule has 0 fully saturated rings. The number of benzene rings is 1. The summed E-state index contributed by atoms with van der Waals surface area (Å²) < 4.78 is 0. The van der Waals surface area contributed by atoms with Gasteiger partial charge in [-0.2, -0.15) is 0 Å². The second kappa shape index (κ2) is 3.44. The Bertz CT molecular complexity index is 244. The Hall–Kier alpha value is -0.240. The predicted molar refractivity (Wildman–Crippen MR) is 50.2 cm³/mol. The summed E-state index contributed by atoms with van der Waals surface area (Å²) in [7, 11) is 0. The molecule has 2 aliphatic carbocycles. The van der Waals surface area contributed by atoms with Crippen molar-refractivity contribution in [2.24, 2.45) is 5.73 Å². The highest BCUT2D eigenvalue weighted by molar-refractivity contribution is 6.49. The lowest BCUT2D eigenvalue weighted by Crippen LogP contribution is -1.93. The minimum absolute atomic E-state index is 0.726. The van der Waals surface area contributed by atoms with Gasteiger partial charge < -0.3 is 5.73 Å². The van der Waals surface area contributed by atoms with Crippen LogP contribution in [0.15, 0.2) is 12.1 Å². The molecule has 0 spiro atoms. The molecule has 0 atom stereocenters. The van der Waals surface area contributed by atoms with Gasteiger partial charge in [-0.25, -0.2) is 0 Å². The SMILES string of the molecule is CCN.Clc1c2ccc-2c1Cl. The van der Waals surface area contributed by atoms with E-state index in [4.69, 9.17) is 28.9 Å². The van der Waals surface area contributed by atoms with Gasteiger partial charge in [0.25, 0.3) is 0 Å². The molecule has 60 valence electrons. The molecule has 0 saturated carbocycles. The first kappa shape index (κ1) is 8.85. The number of hydrogen-bond acceptors (Lipinski definition) is 1. The van der Waals surface area contributed by atoms with Gasteiger partial charge in [0.2, 0.25) is 0 Å². The zero-order chi connectivity index (χ0) is 8.43. The van der Waals surface area contributed by atoms with E-state index in [-0.39, 0.29) is 0 Å². The molecule has 2 rings (SSSR count). The van der Waals surface area contributed by atoms with E-state index in [9.17, 15) is 0 Å². The monoisotopic (exact) mass is 189 g/mol. The van der Waals surface area contributed by atoms with Crippen LogP contribution in [0, 0.1) is 0 Å². The molecular weight excluding hydrogens is 181 g/mol. The van der Waals surface area contributed by atoms with E-state index in [1.54, 1.807) is 0 Å². The van der Waals surface area contributed by atoms with Crippen LogP contribution in [0.1, 0.15) is 6.92 Å². The maximum absolute atomic E-state index is 5.63. The lowest BCUT2D eigenvalue weighted by Gasteiger charge is -2.19. The topological polar surface area (TPSA) is 26.0 Å². The highest BCUT2D eigenvalue weighted by Gasteiger charge is 2.22. The standard InChI is InChI=1S/C6H2Cl2.C2H7N/c7-5-3-1-2-4(3)6(5)8;1-2-3/h1-2H;2-3H2,1H3. The highest BCUT2D eigenvalue weighted by atomic mass is 35.5. The van der Waals surface area contributed by atoms with E-state index >= 15 is 0 Å². The molecule has 3 heteroatoms. The lowest BCUT2D eigenvalue weighted by molar-refractivity contribution is 1.14. The Morgan fingerprint density at radius 2 is 1.45 bits per heavy atom. The molecule has 0 unspecified atom stereocenters. The van der Waals surface area contributed by atoms with Crippen LogP contribution in [0.4, 0.5) is 0 Å². The summed E-state index contributed by atoms with van der Waals surface area (Å²) in [6.07, 6.45) is 0. The van der Waals surface area contributed by atoms with Crippen molar-refractivity contribution in [1.82, 2.24) is 0 Å². The van der Waals surface area contributed by atoms with Crippen molar-refractivity contribution in [3.63, 3.8) is 0 Å². The van der Waals surface area contributed by atoms with Gasteiger partial charge in [-0.15, -0.1) is 0 Å². The Kier molecular flexibility index (Phi) is 2.77. The van der Waals surface area contributed by atoms with Gasteiger partial charge in [0.15, 0.2) is 0 Å². The van der Waals surface area contributed by atoms with Crippen LogP contribution in [0.5, 0.6) is 0 Å². The molecule has 0 aliphatic heterocycles. The highest BCUT2D eigenvalue weighted by Crippen LogP contribution is 2.49. The van der Waals surface area contributed by atoms with Crippen molar-refractivity contribution in [2.75, 3.05) is 6.54 Å². The van der Waals surface area contributed by atoms with Crippen LogP contribution in [0.25, 0.3) is 11.1 Å². The van der Waals surface area contributed by atoms with Gasteiger partial charge in [-0.1, -0.05) is 42.3 Å². The third kappa shape index (κ3) is 1.36. The van der Waals surface area contributed by atoms with Gasteiger partial charge in [0, 0.05) is 11.1 Å². The van der Waals surface area contributed by atoms with E-state index in [2.05, 4.69) is 0 Å². The summed E-state index contributed by atoms with van der Waals surface area (Å²) in [4.78, 5) is 0. The molecular formula is C8H9Cl2N. The second-order valence-corrected chi connectivity index (χ2v) is 2.95. The third-order valence-electron chi connectivity index (χ3n) is 1.37. The number of halogens is 2. The molecule has 0 amide bonds. The van der Waals surface area contributed by atoms with E-state index in [0.717, 1.165) is 27.7 Å². The average molecular weight is 190 g/mol. The third-order valence-corrected chi connectivity index (χ3v) is 2.25. The predicted octanol–water partition coefficient (Wildman–Crippen LogP) is 2.94. The van der Waals surface area contributed by atoms with Crippen LogP contribution < -0.4 is 5.73 Å². The average Bonchev–Trinajstić information content (AvgIpc) is 1.87. The molecule has 11 heavy (non-hydrogen) atoms. The van der Waals surface area contributed by atoms with E-state index in [1.807, 2.05) is 19.1 Å². The Balaban J connectivity index is 0.000000179. The molecule has 0 radical (unpaired) electrons.